The summed E-state index contributed by atoms with van der Waals surface area (Å²) in [5.74, 6) is -1.29. The van der Waals surface area contributed by atoms with Crippen molar-refractivity contribution < 1.29 is 13.5 Å². The smallest absolute Gasteiger partial charge is 0.350 e. The molecule has 3 aromatic carbocycles. The van der Waals surface area contributed by atoms with E-state index in [1.54, 1.807) is 6.92 Å². The Morgan fingerprint density at radius 1 is 0.950 bits per heavy atom. The zero-order valence-corrected chi connectivity index (χ0v) is 23.0. The third kappa shape index (κ3) is 4.98. The number of halogens is 3. The first-order valence-corrected chi connectivity index (χ1v) is 13.2. The second kappa shape index (κ2) is 11.2. The third-order valence-electron chi connectivity index (χ3n) is 6.74. The van der Waals surface area contributed by atoms with Crippen LogP contribution in [0.5, 0.6) is 0 Å². The minimum Gasteiger partial charge on any atom is -0.369 e. The van der Waals surface area contributed by atoms with E-state index < -0.39 is 22.9 Å². The highest BCUT2D eigenvalue weighted by Crippen LogP contribution is 2.30. The molecule has 0 unspecified atom stereocenters. The van der Waals surface area contributed by atoms with Gasteiger partial charge in [-0.25, -0.2) is 13.6 Å². The molecule has 0 aliphatic rings. The summed E-state index contributed by atoms with van der Waals surface area (Å²) in [6.07, 6.45) is 1.51. The van der Waals surface area contributed by atoms with E-state index in [0.29, 0.717) is 29.9 Å². The first-order valence-electron chi connectivity index (χ1n) is 12.8. The van der Waals surface area contributed by atoms with Crippen LogP contribution in [-0.4, -0.2) is 18.9 Å². The molecule has 0 radical (unpaired) electrons. The minimum atomic E-state index is -0.823. The molecule has 0 aliphatic heterocycles. The van der Waals surface area contributed by atoms with E-state index in [4.69, 9.17) is 16.3 Å². The molecular formula is C30H27ClF2N4O3. The quantitative estimate of drug-likeness (QED) is 0.227. The maximum atomic E-state index is 15.6. The Balaban J connectivity index is 1.62. The summed E-state index contributed by atoms with van der Waals surface area (Å²) in [5, 5.41) is 4.89. The molecule has 0 saturated carbocycles. The fourth-order valence-corrected chi connectivity index (χ4v) is 4.99. The van der Waals surface area contributed by atoms with E-state index in [2.05, 4.69) is 5.10 Å². The Morgan fingerprint density at radius 3 is 2.38 bits per heavy atom. The number of nitrogens with zero attached hydrogens (tertiary/aromatic N) is 4. The van der Waals surface area contributed by atoms with Gasteiger partial charge in [0.25, 0.3) is 5.56 Å². The van der Waals surface area contributed by atoms with Crippen molar-refractivity contribution in [1.82, 2.24) is 18.9 Å². The number of hydrogen-bond acceptors (Lipinski definition) is 4. The van der Waals surface area contributed by atoms with E-state index in [1.807, 2.05) is 44.2 Å². The Kier molecular flexibility index (Phi) is 7.69. The van der Waals surface area contributed by atoms with Crippen molar-refractivity contribution in [3.8, 4) is 11.4 Å². The first-order chi connectivity index (χ1) is 19.2. The summed E-state index contributed by atoms with van der Waals surface area (Å²) < 4.78 is 39.6. The van der Waals surface area contributed by atoms with Gasteiger partial charge in [-0.05, 0) is 53.6 Å². The van der Waals surface area contributed by atoms with Gasteiger partial charge in [-0.3, -0.25) is 13.9 Å². The molecule has 206 valence electrons. The van der Waals surface area contributed by atoms with Crippen LogP contribution in [0.1, 0.15) is 43.6 Å². The zero-order valence-electron chi connectivity index (χ0n) is 22.2. The van der Waals surface area contributed by atoms with Crippen LogP contribution in [0, 0.1) is 11.6 Å². The Morgan fingerprint density at radius 2 is 1.70 bits per heavy atom. The summed E-state index contributed by atoms with van der Waals surface area (Å²) in [5.41, 5.74) is 0.230. The van der Waals surface area contributed by atoms with Crippen molar-refractivity contribution >= 4 is 22.4 Å². The molecule has 10 heteroatoms. The third-order valence-corrected chi connectivity index (χ3v) is 7.05. The average molecular weight is 565 g/mol. The van der Waals surface area contributed by atoms with E-state index in [0.717, 1.165) is 20.9 Å². The van der Waals surface area contributed by atoms with E-state index >= 15 is 4.39 Å². The Labute approximate surface area is 233 Å². The van der Waals surface area contributed by atoms with Gasteiger partial charge in [-0.15, -0.1) is 5.10 Å². The summed E-state index contributed by atoms with van der Waals surface area (Å²) >= 11 is 6.24. The lowest BCUT2D eigenvalue weighted by molar-refractivity contribution is 0.0989. The van der Waals surface area contributed by atoms with Crippen LogP contribution in [-0.2, 0) is 24.5 Å². The van der Waals surface area contributed by atoms with Gasteiger partial charge in [-0.2, -0.15) is 4.68 Å². The maximum absolute atomic E-state index is 15.6. The van der Waals surface area contributed by atoms with Crippen molar-refractivity contribution in [2.24, 2.45) is 0 Å². The molecule has 0 aliphatic carbocycles. The van der Waals surface area contributed by atoms with Crippen LogP contribution in [0.2, 0.25) is 5.02 Å². The second-order valence-corrected chi connectivity index (χ2v) is 10.1. The lowest BCUT2D eigenvalue weighted by Gasteiger charge is -2.17. The number of fused-ring (bicyclic) bond motifs is 1. The number of pyridine rings is 1. The number of hydrogen-bond donors (Lipinski definition) is 0. The van der Waals surface area contributed by atoms with Crippen molar-refractivity contribution in [2.75, 3.05) is 0 Å². The molecule has 0 bridgehead atoms. The van der Waals surface area contributed by atoms with Gasteiger partial charge in [0, 0.05) is 12.7 Å². The van der Waals surface area contributed by atoms with Crippen molar-refractivity contribution in [2.45, 2.75) is 46.4 Å². The monoisotopic (exact) mass is 564 g/mol. The summed E-state index contributed by atoms with van der Waals surface area (Å²) in [6.45, 7) is 6.27. The highest BCUT2D eigenvalue weighted by molar-refractivity contribution is 6.32. The molecule has 5 rings (SSSR count). The molecule has 40 heavy (non-hydrogen) atoms. The van der Waals surface area contributed by atoms with Crippen molar-refractivity contribution in [1.29, 1.82) is 0 Å². The van der Waals surface area contributed by atoms with E-state index in [9.17, 15) is 14.0 Å². The molecule has 7 nitrogen and oxygen atoms in total. The predicted octanol–water partition coefficient (Wildman–Crippen LogP) is 6.13. The van der Waals surface area contributed by atoms with Gasteiger partial charge < -0.3 is 4.74 Å². The summed E-state index contributed by atoms with van der Waals surface area (Å²) in [6, 6.07) is 16.2. The highest BCUT2D eigenvalue weighted by Gasteiger charge is 2.22. The number of rotatable bonds is 8. The maximum Gasteiger partial charge on any atom is 0.350 e. The van der Waals surface area contributed by atoms with Gasteiger partial charge in [0.1, 0.15) is 29.6 Å². The van der Waals surface area contributed by atoms with Gasteiger partial charge in [-0.1, -0.05) is 61.8 Å². The summed E-state index contributed by atoms with van der Waals surface area (Å²) in [4.78, 5) is 26.7. The molecule has 0 fully saturated rings. The Bertz CT molecular complexity index is 1810. The van der Waals surface area contributed by atoms with Crippen molar-refractivity contribution in [3.05, 3.63) is 121 Å². The topological polar surface area (TPSA) is 71.0 Å². The molecule has 0 N–H and O–H groups in total. The van der Waals surface area contributed by atoms with Crippen LogP contribution in [0.25, 0.3) is 22.1 Å². The molecule has 0 amide bonds. The second-order valence-electron chi connectivity index (χ2n) is 9.67. The molecular weight excluding hydrogens is 538 g/mol. The number of benzene rings is 3. The largest absolute Gasteiger partial charge is 0.369 e. The van der Waals surface area contributed by atoms with Gasteiger partial charge in [0.15, 0.2) is 5.82 Å². The van der Waals surface area contributed by atoms with Crippen LogP contribution in [0.3, 0.4) is 0 Å². The molecule has 2 heterocycles. The normalized spacial score (nSPS) is 11.6. The van der Waals surface area contributed by atoms with Gasteiger partial charge >= 0.3 is 5.69 Å². The lowest BCUT2D eigenvalue weighted by Crippen LogP contribution is -2.25. The minimum absolute atomic E-state index is 0.0289. The van der Waals surface area contributed by atoms with Crippen LogP contribution < -0.4 is 11.2 Å². The molecule has 2 aromatic heterocycles. The first kappa shape index (κ1) is 27.5. The number of para-hydroxylation sites is 1. The average Bonchev–Trinajstić information content (AvgIpc) is 3.24. The standard InChI is InChI=1S/C30H27ClF2N4O3/c1-4-35-27(17-40-16-19-9-6-5-7-10-19)34-37(30(35)39)26-14-20-21(13-25(26)33)29(38)36(15-22(20)18(2)3)28-23(31)11-8-12-24(28)32/h5-15,18H,4,16-17H2,1-3H3. The van der Waals surface area contributed by atoms with Gasteiger partial charge in [0.05, 0.1) is 17.0 Å². The van der Waals surface area contributed by atoms with Crippen LogP contribution >= 0.6 is 11.6 Å². The highest BCUT2D eigenvalue weighted by atomic mass is 35.5. The molecule has 0 spiro atoms. The van der Waals surface area contributed by atoms with E-state index in [-0.39, 0.29) is 34.3 Å². The van der Waals surface area contributed by atoms with Gasteiger partial charge in [0.2, 0.25) is 0 Å². The Hall–Kier alpha value is -4.08. The van der Waals surface area contributed by atoms with Crippen LogP contribution in [0.15, 0.2) is 76.4 Å². The zero-order chi connectivity index (χ0) is 28.6. The fraction of sp³-hybridized carbons (Fsp3) is 0.233. The summed E-state index contributed by atoms with van der Waals surface area (Å²) in [7, 11) is 0. The van der Waals surface area contributed by atoms with E-state index in [1.165, 1.54) is 35.0 Å². The lowest BCUT2D eigenvalue weighted by atomic mass is 9.97. The predicted molar refractivity (Wildman–Crippen MR) is 151 cm³/mol. The fourth-order valence-electron chi connectivity index (χ4n) is 4.74. The van der Waals surface area contributed by atoms with Crippen LogP contribution in [0.4, 0.5) is 8.78 Å². The molecule has 0 atom stereocenters. The number of aromatic nitrogens is 4. The molecule has 5 aromatic rings. The van der Waals surface area contributed by atoms with Crippen molar-refractivity contribution in [3.63, 3.8) is 0 Å². The molecule has 0 saturated heterocycles. The number of ether oxygens (including phenoxy) is 1. The SMILES string of the molecule is CCn1c(COCc2ccccc2)nn(-c2cc3c(C(C)C)cn(-c4c(F)cccc4Cl)c(=O)c3cc2F)c1=O.